The summed E-state index contributed by atoms with van der Waals surface area (Å²) in [5.41, 5.74) is 1.16. The van der Waals surface area contributed by atoms with Gasteiger partial charge in [-0.2, -0.15) is 0 Å². The van der Waals surface area contributed by atoms with Crippen LogP contribution in [0.5, 0.6) is 0 Å². The summed E-state index contributed by atoms with van der Waals surface area (Å²) in [6.45, 7) is 9.73. The summed E-state index contributed by atoms with van der Waals surface area (Å²) in [4.78, 5) is 2.54. The molecular formula is C16H24BrFN2. The third kappa shape index (κ3) is 3.80. The minimum absolute atomic E-state index is 0.187. The maximum Gasteiger partial charge on any atom is 0.124 e. The van der Waals surface area contributed by atoms with Gasteiger partial charge in [0.15, 0.2) is 0 Å². The molecule has 1 aromatic carbocycles. The van der Waals surface area contributed by atoms with Crippen molar-refractivity contribution in [1.29, 1.82) is 0 Å². The van der Waals surface area contributed by atoms with Gasteiger partial charge in [-0.25, -0.2) is 4.39 Å². The topological polar surface area (TPSA) is 15.3 Å². The maximum atomic E-state index is 13.2. The smallest absolute Gasteiger partial charge is 0.124 e. The van der Waals surface area contributed by atoms with Gasteiger partial charge in [-0.1, -0.05) is 42.8 Å². The van der Waals surface area contributed by atoms with Gasteiger partial charge in [-0.3, -0.25) is 4.90 Å². The number of rotatable bonds is 4. The van der Waals surface area contributed by atoms with Crippen LogP contribution < -0.4 is 5.32 Å². The average molecular weight is 343 g/mol. The van der Waals surface area contributed by atoms with Crippen LogP contribution in [0.2, 0.25) is 0 Å². The van der Waals surface area contributed by atoms with Crippen molar-refractivity contribution in [3.8, 4) is 0 Å². The van der Waals surface area contributed by atoms with Gasteiger partial charge < -0.3 is 5.32 Å². The van der Waals surface area contributed by atoms with Crippen LogP contribution in [0.3, 0.4) is 0 Å². The summed E-state index contributed by atoms with van der Waals surface area (Å²) in [7, 11) is 0. The van der Waals surface area contributed by atoms with Crippen LogP contribution in [0, 0.1) is 11.7 Å². The van der Waals surface area contributed by atoms with Crippen molar-refractivity contribution in [2.75, 3.05) is 13.1 Å². The zero-order valence-electron chi connectivity index (χ0n) is 12.5. The average Bonchev–Trinajstić information content (AvgIpc) is 2.41. The van der Waals surface area contributed by atoms with Crippen LogP contribution in [0.15, 0.2) is 22.7 Å². The SMILES string of the molecule is CCC1CN(Cc2ccc(F)cc2Br)C(C(C)C)CN1. The summed E-state index contributed by atoms with van der Waals surface area (Å²) in [5, 5.41) is 3.63. The first-order valence-electron chi connectivity index (χ1n) is 7.42. The van der Waals surface area contributed by atoms with E-state index in [4.69, 9.17) is 0 Å². The van der Waals surface area contributed by atoms with E-state index >= 15 is 0 Å². The molecule has 1 aliphatic rings. The number of hydrogen-bond acceptors (Lipinski definition) is 2. The highest BCUT2D eigenvalue weighted by atomic mass is 79.9. The van der Waals surface area contributed by atoms with Gasteiger partial charge in [0.1, 0.15) is 5.82 Å². The molecule has 2 rings (SSSR count). The van der Waals surface area contributed by atoms with Crippen LogP contribution in [0.1, 0.15) is 32.8 Å². The molecule has 0 bridgehead atoms. The molecule has 0 saturated carbocycles. The summed E-state index contributed by atoms with van der Waals surface area (Å²) in [5.74, 6) is 0.423. The predicted molar refractivity (Wildman–Crippen MR) is 85.2 cm³/mol. The Morgan fingerprint density at radius 3 is 2.80 bits per heavy atom. The van der Waals surface area contributed by atoms with E-state index in [1.54, 1.807) is 12.1 Å². The first kappa shape index (κ1) is 15.9. The van der Waals surface area contributed by atoms with Gasteiger partial charge in [0.05, 0.1) is 0 Å². The van der Waals surface area contributed by atoms with E-state index in [2.05, 4.69) is 46.9 Å². The molecule has 2 unspecified atom stereocenters. The molecule has 0 spiro atoms. The maximum absolute atomic E-state index is 13.2. The Labute approximate surface area is 129 Å². The van der Waals surface area contributed by atoms with Crippen molar-refractivity contribution >= 4 is 15.9 Å². The minimum atomic E-state index is -0.187. The zero-order valence-corrected chi connectivity index (χ0v) is 14.1. The predicted octanol–water partition coefficient (Wildman–Crippen LogP) is 3.80. The lowest BCUT2D eigenvalue weighted by molar-refractivity contribution is 0.0898. The number of piperazine rings is 1. The Hall–Kier alpha value is -0.450. The molecule has 1 aliphatic heterocycles. The molecule has 1 saturated heterocycles. The van der Waals surface area contributed by atoms with Crippen molar-refractivity contribution in [1.82, 2.24) is 10.2 Å². The third-order valence-corrected chi connectivity index (χ3v) is 4.93. The van der Waals surface area contributed by atoms with Crippen molar-refractivity contribution in [3.05, 3.63) is 34.1 Å². The van der Waals surface area contributed by atoms with E-state index in [1.807, 2.05) is 6.07 Å². The Kier molecular flexibility index (Phi) is 5.58. The number of nitrogens with zero attached hydrogens (tertiary/aromatic N) is 1. The second kappa shape index (κ2) is 7.01. The second-order valence-corrected chi connectivity index (χ2v) is 6.84. The Morgan fingerprint density at radius 1 is 1.45 bits per heavy atom. The van der Waals surface area contributed by atoms with Crippen LogP contribution in [-0.4, -0.2) is 30.1 Å². The fourth-order valence-corrected chi connectivity index (χ4v) is 3.36. The normalized spacial score (nSPS) is 24.3. The molecule has 20 heavy (non-hydrogen) atoms. The summed E-state index contributed by atoms with van der Waals surface area (Å²) >= 11 is 3.48. The zero-order chi connectivity index (χ0) is 14.7. The standard InChI is InChI=1S/C16H24BrFN2/c1-4-14-10-20(16(8-19-14)11(2)3)9-12-5-6-13(18)7-15(12)17/h5-7,11,14,16,19H,4,8-10H2,1-3H3. The lowest BCUT2D eigenvalue weighted by Crippen LogP contribution is -2.57. The fourth-order valence-electron chi connectivity index (χ4n) is 2.88. The number of nitrogens with one attached hydrogen (secondary N) is 1. The van der Waals surface area contributed by atoms with Crippen LogP contribution in [0.25, 0.3) is 0 Å². The van der Waals surface area contributed by atoms with Crippen LogP contribution in [-0.2, 0) is 6.54 Å². The molecule has 0 aromatic heterocycles. The summed E-state index contributed by atoms with van der Waals surface area (Å²) in [6, 6.07) is 6.09. The molecule has 0 amide bonds. The molecule has 2 nitrogen and oxygen atoms in total. The highest BCUT2D eigenvalue weighted by Gasteiger charge is 2.29. The first-order valence-corrected chi connectivity index (χ1v) is 8.22. The monoisotopic (exact) mass is 342 g/mol. The highest BCUT2D eigenvalue weighted by Crippen LogP contribution is 2.24. The molecule has 1 aromatic rings. The van der Waals surface area contributed by atoms with Gasteiger partial charge in [-0.05, 0) is 30.0 Å². The molecule has 0 radical (unpaired) electrons. The van der Waals surface area contributed by atoms with Gasteiger partial charge in [0.25, 0.3) is 0 Å². The van der Waals surface area contributed by atoms with Crippen molar-refractivity contribution in [3.63, 3.8) is 0 Å². The first-order chi connectivity index (χ1) is 9.51. The van der Waals surface area contributed by atoms with E-state index in [1.165, 1.54) is 0 Å². The number of hydrogen-bond donors (Lipinski definition) is 1. The van der Waals surface area contributed by atoms with Gasteiger partial charge in [0.2, 0.25) is 0 Å². The molecule has 0 aliphatic carbocycles. The molecule has 1 heterocycles. The third-order valence-electron chi connectivity index (χ3n) is 4.19. The van der Waals surface area contributed by atoms with E-state index in [-0.39, 0.29) is 5.82 Å². The molecule has 1 fully saturated rings. The summed E-state index contributed by atoms with van der Waals surface area (Å²) in [6.07, 6.45) is 1.14. The lowest BCUT2D eigenvalue weighted by atomic mass is 9.97. The molecule has 2 atom stereocenters. The van der Waals surface area contributed by atoms with Crippen LogP contribution >= 0.6 is 15.9 Å². The molecule has 1 N–H and O–H groups in total. The molecule has 4 heteroatoms. The van der Waals surface area contributed by atoms with Crippen LogP contribution in [0.4, 0.5) is 4.39 Å². The highest BCUT2D eigenvalue weighted by molar-refractivity contribution is 9.10. The Morgan fingerprint density at radius 2 is 2.20 bits per heavy atom. The molecule has 112 valence electrons. The minimum Gasteiger partial charge on any atom is -0.311 e. The van der Waals surface area contributed by atoms with Crippen molar-refractivity contribution in [2.45, 2.75) is 45.8 Å². The van der Waals surface area contributed by atoms with E-state index in [0.717, 1.165) is 36.1 Å². The van der Waals surface area contributed by atoms with E-state index in [0.29, 0.717) is 18.0 Å². The van der Waals surface area contributed by atoms with E-state index < -0.39 is 0 Å². The van der Waals surface area contributed by atoms with Gasteiger partial charge in [-0.15, -0.1) is 0 Å². The van der Waals surface area contributed by atoms with Gasteiger partial charge >= 0.3 is 0 Å². The van der Waals surface area contributed by atoms with Gasteiger partial charge in [0, 0.05) is 36.2 Å². The lowest BCUT2D eigenvalue weighted by Gasteiger charge is -2.42. The Balaban J connectivity index is 2.14. The largest absolute Gasteiger partial charge is 0.311 e. The van der Waals surface area contributed by atoms with E-state index in [9.17, 15) is 4.39 Å². The molecular weight excluding hydrogens is 319 g/mol. The fraction of sp³-hybridized carbons (Fsp3) is 0.625. The van der Waals surface area contributed by atoms with Crippen molar-refractivity contribution in [2.24, 2.45) is 5.92 Å². The number of benzene rings is 1. The van der Waals surface area contributed by atoms with Crippen molar-refractivity contribution < 1.29 is 4.39 Å². The summed E-state index contributed by atoms with van der Waals surface area (Å²) < 4.78 is 14.1. The number of halogens is 2. The quantitative estimate of drug-likeness (QED) is 0.895. The second-order valence-electron chi connectivity index (χ2n) is 5.99. The Bertz CT molecular complexity index is 450.